The van der Waals surface area contributed by atoms with Crippen molar-refractivity contribution in [2.45, 2.75) is 5.88 Å². The van der Waals surface area contributed by atoms with Crippen LogP contribution in [0.15, 0.2) is 36.4 Å². The number of pyridine rings is 1. The van der Waals surface area contributed by atoms with E-state index in [1.807, 2.05) is 6.07 Å². The minimum Gasteiger partial charge on any atom is -0.384 e. The van der Waals surface area contributed by atoms with E-state index in [0.717, 1.165) is 11.1 Å². The summed E-state index contributed by atoms with van der Waals surface area (Å²) in [7, 11) is 0. The summed E-state index contributed by atoms with van der Waals surface area (Å²) in [5.41, 5.74) is 8.04. The summed E-state index contributed by atoms with van der Waals surface area (Å²) in [4.78, 5) is 4.14. The van der Waals surface area contributed by atoms with Gasteiger partial charge in [0.1, 0.15) is 11.6 Å². The molecular weight excluding hydrogens is 227 g/mol. The van der Waals surface area contributed by atoms with Gasteiger partial charge >= 0.3 is 0 Å². The summed E-state index contributed by atoms with van der Waals surface area (Å²) < 4.78 is 12.8. The third-order valence-corrected chi connectivity index (χ3v) is 2.53. The average molecular weight is 237 g/mol. The number of rotatable bonds is 2. The van der Waals surface area contributed by atoms with Gasteiger partial charge in [0.25, 0.3) is 0 Å². The summed E-state index contributed by atoms with van der Waals surface area (Å²) in [5.74, 6) is 0.443. The van der Waals surface area contributed by atoms with Gasteiger partial charge in [0.2, 0.25) is 0 Å². The molecule has 2 N–H and O–H groups in total. The molecule has 0 saturated heterocycles. The molecule has 0 atom stereocenters. The van der Waals surface area contributed by atoms with Gasteiger partial charge in [0.05, 0.1) is 11.6 Å². The van der Waals surface area contributed by atoms with E-state index in [9.17, 15) is 4.39 Å². The number of anilines is 1. The zero-order valence-electron chi connectivity index (χ0n) is 8.45. The number of benzene rings is 1. The van der Waals surface area contributed by atoms with Crippen molar-refractivity contribution in [3.63, 3.8) is 0 Å². The van der Waals surface area contributed by atoms with Crippen LogP contribution >= 0.6 is 11.6 Å². The molecule has 0 aliphatic heterocycles. The van der Waals surface area contributed by atoms with Crippen LogP contribution in [-0.2, 0) is 5.88 Å². The van der Waals surface area contributed by atoms with Crippen LogP contribution in [0.3, 0.4) is 0 Å². The van der Waals surface area contributed by atoms with E-state index in [2.05, 4.69) is 4.98 Å². The zero-order valence-corrected chi connectivity index (χ0v) is 9.21. The van der Waals surface area contributed by atoms with Gasteiger partial charge < -0.3 is 5.73 Å². The SMILES string of the molecule is Nc1ccc(-c2ccc(F)cc2)c(CCl)n1. The normalized spacial score (nSPS) is 10.4. The van der Waals surface area contributed by atoms with Gasteiger partial charge in [-0.2, -0.15) is 0 Å². The number of nitrogens with two attached hydrogens (primary N) is 1. The Morgan fingerprint density at radius 3 is 2.44 bits per heavy atom. The molecule has 0 fully saturated rings. The highest BCUT2D eigenvalue weighted by Gasteiger charge is 2.06. The predicted molar refractivity (Wildman–Crippen MR) is 63.6 cm³/mol. The summed E-state index contributed by atoms with van der Waals surface area (Å²) >= 11 is 5.79. The van der Waals surface area contributed by atoms with E-state index in [1.165, 1.54) is 12.1 Å². The maximum absolute atomic E-state index is 12.8. The number of aromatic nitrogens is 1. The highest BCUT2D eigenvalue weighted by Crippen LogP contribution is 2.24. The molecule has 0 aliphatic rings. The van der Waals surface area contributed by atoms with E-state index < -0.39 is 0 Å². The first kappa shape index (κ1) is 10.9. The number of nitrogens with zero attached hydrogens (tertiary/aromatic N) is 1. The Labute approximate surface area is 97.9 Å². The fraction of sp³-hybridized carbons (Fsp3) is 0.0833. The largest absolute Gasteiger partial charge is 0.384 e. The summed E-state index contributed by atoms with van der Waals surface area (Å²) in [6, 6.07) is 9.74. The lowest BCUT2D eigenvalue weighted by Crippen LogP contribution is -1.96. The second-order valence-electron chi connectivity index (χ2n) is 3.37. The lowest BCUT2D eigenvalue weighted by Gasteiger charge is -2.07. The molecular formula is C12H10ClFN2. The Morgan fingerprint density at radius 2 is 1.81 bits per heavy atom. The smallest absolute Gasteiger partial charge is 0.123 e. The van der Waals surface area contributed by atoms with Crippen LogP contribution in [0.5, 0.6) is 0 Å². The van der Waals surface area contributed by atoms with Crippen LogP contribution in [-0.4, -0.2) is 4.98 Å². The Balaban J connectivity index is 2.51. The molecule has 0 radical (unpaired) electrons. The molecule has 0 saturated carbocycles. The van der Waals surface area contributed by atoms with Crippen molar-refractivity contribution in [1.29, 1.82) is 0 Å². The maximum atomic E-state index is 12.8. The molecule has 1 heterocycles. The number of hydrogen-bond donors (Lipinski definition) is 1. The minimum atomic E-state index is -0.264. The standard InChI is InChI=1S/C12H10ClFN2/c13-7-11-10(5-6-12(15)16-11)8-1-3-9(14)4-2-8/h1-6H,7H2,(H2,15,16). The molecule has 4 heteroatoms. The van der Waals surface area contributed by atoms with Crippen molar-refractivity contribution in [2.24, 2.45) is 0 Å². The topological polar surface area (TPSA) is 38.9 Å². The predicted octanol–water partition coefficient (Wildman–Crippen LogP) is 3.21. The number of nitrogen functional groups attached to an aromatic ring is 1. The first-order valence-corrected chi connectivity index (χ1v) is 5.31. The summed E-state index contributed by atoms with van der Waals surface area (Å²) in [6.45, 7) is 0. The van der Waals surface area contributed by atoms with Crippen LogP contribution in [0.25, 0.3) is 11.1 Å². The van der Waals surface area contributed by atoms with Crippen molar-refractivity contribution in [2.75, 3.05) is 5.73 Å². The molecule has 2 aromatic rings. The first-order chi connectivity index (χ1) is 7.70. The molecule has 0 amide bonds. The van der Waals surface area contributed by atoms with Crippen molar-refractivity contribution >= 4 is 17.4 Å². The fourth-order valence-electron chi connectivity index (χ4n) is 1.51. The monoisotopic (exact) mass is 236 g/mol. The van der Waals surface area contributed by atoms with Crippen LogP contribution in [0.4, 0.5) is 10.2 Å². The van der Waals surface area contributed by atoms with Crippen molar-refractivity contribution in [3.8, 4) is 11.1 Å². The third-order valence-electron chi connectivity index (χ3n) is 2.28. The van der Waals surface area contributed by atoms with Crippen LogP contribution in [0.1, 0.15) is 5.69 Å². The second kappa shape index (κ2) is 4.49. The van der Waals surface area contributed by atoms with Gasteiger partial charge in [-0.25, -0.2) is 9.37 Å². The van der Waals surface area contributed by atoms with E-state index in [4.69, 9.17) is 17.3 Å². The van der Waals surface area contributed by atoms with Crippen molar-refractivity contribution < 1.29 is 4.39 Å². The lowest BCUT2D eigenvalue weighted by atomic mass is 10.0. The average Bonchev–Trinajstić information content (AvgIpc) is 2.30. The zero-order chi connectivity index (χ0) is 11.5. The maximum Gasteiger partial charge on any atom is 0.123 e. The lowest BCUT2D eigenvalue weighted by molar-refractivity contribution is 0.628. The van der Waals surface area contributed by atoms with Crippen LogP contribution in [0, 0.1) is 5.82 Å². The quantitative estimate of drug-likeness (QED) is 0.814. The molecule has 0 aliphatic carbocycles. The van der Waals surface area contributed by atoms with E-state index >= 15 is 0 Å². The van der Waals surface area contributed by atoms with Crippen LogP contribution < -0.4 is 5.73 Å². The number of hydrogen-bond acceptors (Lipinski definition) is 2. The summed E-state index contributed by atoms with van der Waals surface area (Å²) in [5, 5.41) is 0. The third kappa shape index (κ3) is 2.14. The van der Waals surface area contributed by atoms with E-state index in [-0.39, 0.29) is 11.7 Å². The van der Waals surface area contributed by atoms with E-state index in [0.29, 0.717) is 11.5 Å². The van der Waals surface area contributed by atoms with Gasteiger partial charge in [-0.3, -0.25) is 0 Å². The highest BCUT2D eigenvalue weighted by molar-refractivity contribution is 6.17. The van der Waals surface area contributed by atoms with Crippen LogP contribution in [0.2, 0.25) is 0 Å². The van der Waals surface area contributed by atoms with Gasteiger partial charge in [-0.05, 0) is 29.8 Å². The van der Waals surface area contributed by atoms with Crippen molar-refractivity contribution in [1.82, 2.24) is 4.98 Å². The molecule has 1 aromatic heterocycles. The Morgan fingerprint density at radius 1 is 1.12 bits per heavy atom. The molecule has 2 nitrogen and oxygen atoms in total. The van der Waals surface area contributed by atoms with Gasteiger partial charge in [0.15, 0.2) is 0 Å². The molecule has 0 unspecified atom stereocenters. The molecule has 2 rings (SSSR count). The van der Waals surface area contributed by atoms with Gasteiger partial charge in [0, 0.05) is 5.56 Å². The Kier molecular flexibility index (Phi) is 3.06. The Hall–Kier alpha value is -1.61. The fourth-order valence-corrected chi connectivity index (χ4v) is 1.72. The Bertz CT molecular complexity index is 497. The highest BCUT2D eigenvalue weighted by atomic mass is 35.5. The first-order valence-electron chi connectivity index (χ1n) is 4.78. The molecule has 82 valence electrons. The second-order valence-corrected chi connectivity index (χ2v) is 3.64. The van der Waals surface area contributed by atoms with Gasteiger partial charge in [-0.15, -0.1) is 11.6 Å². The van der Waals surface area contributed by atoms with Gasteiger partial charge in [-0.1, -0.05) is 12.1 Å². The number of halogens is 2. The van der Waals surface area contributed by atoms with E-state index in [1.54, 1.807) is 18.2 Å². The van der Waals surface area contributed by atoms with Crippen molar-refractivity contribution in [3.05, 3.63) is 47.9 Å². The minimum absolute atomic E-state index is 0.264. The molecule has 0 bridgehead atoms. The summed E-state index contributed by atoms with van der Waals surface area (Å²) in [6.07, 6.45) is 0. The molecule has 16 heavy (non-hydrogen) atoms. The number of alkyl halides is 1. The molecule has 0 spiro atoms. The molecule has 1 aromatic carbocycles.